The SMILES string of the molecule is CC(=O)[O-].CC(=O)[O-].CC(=O)[O-].[Co+2].[Na+]. The average Bonchev–Trinajstić information content (AvgIpc) is 1.54. The van der Waals surface area contributed by atoms with Gasteiger partial charge in [0, 0.05) is 17.9 Å². The average molecular weight is 259 g/mol. The van der Waals surface area contributed by atoms with Gasteiger partial charge in [0.1, 0.15) is 0 Å². The summed E-state index contributed by atoms with van der Waals surface area (Å²) < 4.78 is 0. The Labute approximate surface area is 114 Å². The molecule has 0 rings (SSSR count). The van der Waals surface area contributed by atoms with Gasteiger partial charge in [-0.05, 0) is 20.8 Å². The molecular formula is C6H9CoNaO6. The van der Waals surface area contributed by atoms with E-state index in [2.05, 4.69) is 0 Å². The van der Waals surface area contributed by atoms with Gasteiger partial charge < -0.3 is 29.7 Å². The van der Waals surface area contributed by atoms with Gasteiger partial charge in [0.15, 0.2) is 0 Å². The molecule has 0 unspecified atom stereocenters. The van der Waals surface area contributed by atoms with Crippen molar-refractivity contribution >= 4 is 17.9 Å². The van der Waals surface area contributed by atoms with E-state index >= 15 is 0 Å². The van der Waals surface area contributed by atoms with Crippen molar-refractivity contribution in [2.45, 2.75) is 20.8 Å². The third-order valence-corrected chi connectivity index (χ3v) is 0. The monoisotopic (exact) mass is 259 g/mol. The zero-order chi connectivity index (χ0) is 10.7. The number of carboxylic acids is 3. The van der Waals surface area contributed by atoms with E-state index in [1.165, 1.54) is 0 Å². The predicted molar refractivity (Wildman–Crippen MR) is 32.0 cm³/mol. The van der Waals surface area contributed by atoms with Crippen molar-refractivity contribution in [2.24, 2.45) is 0 Å². The number of carbonyl (C=O) groups excluding carboxylic acids is 3. The minimum atomic E-state index is -1.08. The van der Waals surface area contributed by atoms with Gasteiger partial charge in [-0.25, -0.2) is 0 Å². The minimum absolute atomic E-state index is 0. The Morgan fingerprint density at radius 1 is 0.714 bits per heavy atom. The van der Waals surface area contributed by atoms with Gasteiger partial charge >= 0.3 is 46.3 Å². The molecule has 0 saturated carbocycles. The molecule has 14 heavy (non-hydrogen) atoms. The van der Waals surface area contributed by atoms with Crippen LogP contribution < -0.4 is 44.9 Å². The van der Waals surface area contributed by atoms with E-state index in [1.807, 2.05) is 0 Å². The van der Waals surface area contributed by atoms with Gasteiger partial charge in [-0.2, -0.15) is 0 Å². The van der Waals surface area contributed by atoms with Crippen LogP contribution >= 0.6 is 0 Å². The van der Waals surface area contributed by atoms with Crippen molar-refractivity contribution in [3.05, 3.63) is 0 Å². The summed E-state index contributed by atoms with van der Waals surface area (Å²) in [5, 5.41) is 26.7. The van der Waals surface area contributed by atoms with E-state index in [0.29, 0.717) is 0 Å². The minimum Gasteiger partial charge on any atom is -0.550 e. The Balaban J connectivity index is -0.0000000270. The number of aliphatic carboxylic acids is 3. The molecule has 0 atom stereocenters. The van der Waals surface area contributed by atoms with Crippen molar-refractivity contribution in [1.29, 1.82) is 0 Å². The van der Waals surface area contributed by atoms with Gasteiger partial charge in [-0.15, -0.1) is 0 Å². The predicted octanol–water partition coefficient (Wildman–Crippen LogP) is -6.73. The van der Waals surface area contributed by atoms with Crippen LogP contribution in [0.15, 0.2) is 0 Å². The summed E-state index contributed by atoms with van der Waals surface area (Å²) >= 11 is 0. The fourth-order valence-corrected chi connectivity index (χ4v) is 0. The molecule has 0 aliphatic carbocycles. The van der Waals surface area contributed by atoms with Gasteiger partial charge in [0.25, 0.3) is 0 Å². The fourth-order valence-electron chi connectivity index (χ4n) is 0. The van der Waals surface area contributed by atoms with E-state index in [0.717, 1.165) is 20.8 Å². The Morgan fingerprint density at radius 2 is 0.714 bits per heavy atom. The molecule has 79 valence electrons. The van der Waals surface area contributed by atoms with Gasteiger partial charge in [0.05, 0.1) is 0 Å². The Hall–Kier alpha value is -0.0835. The first-order valence-electron chi connectivity index (χ1n) is 2.72. The zero-order valence-corrected chi connectivity index (χ0v) is 11.3. The van der Waals surface area contributed by atoms with Crippen LogP contribution in [-0.4, -0.2) is 17.9 Å². The van der Waals surface area contributed by atoms with Crippen LogP contribution in [0, 0.1) is 0 Å². The molecule has 8 heteroatoms. The van der Waals surface area contributed by atoms with Gasteiger partial charge in [-0.3, -0.25) is 0 Å². The molecule has 0 aromatic rings. The van der Waals surface area contributed by atoms with Crippen LogP contribution in [0.3, 0.4) is 0 Å². The first-order valence-corrected chi connectivity index (χ1v) is 2.72. The smallest absolute Gasteiger partial charge is 0.550 e. The van der Waals surface area contributed by atoms with Crippen molar-refractivity contribution in [1.82, 2.24) is 0 Å². The molecule has 0 spiro atoms. The van der Waals surface area contributed by atoms with Crippen molar-refractivity contribution in [3.63, 3.8) is 0 Å². The van der Waals surface area contributed by atoms with Gasteiger partial charge in [-0.1, -0.05) is 0 Å². The summed E-state index contributed by atoms with van der Waals surface area (Å²) in [5.74, 6) is -3.25. The molecule has 0 bridgehead atoms. The molecule has 0 fully saturated rings. The second kappa shape index (κ2) is 23.1. The maximum atomic E-state index is 8.89. The summed E-state index contributed by atoms with van der Waals surface area (Å²) in [6.45, 7) is 2.92. The first kappa shape index (κ1) is 29.2. The van der Waals surface area contributed by atoms with E-state index < -0.39 is 17.9 Å². The molecule has 6 nitrogen and oxygen atoms in total. The normalized spacial score (nSPS) is 5.36. The van der Waals surface area contributed by atoms with Crippen LogP contribution in [-0.2, 0) is 31.2 Å². The van der Waals surface area contributed by atoms with Crippen LogP contribution in [0.4, 0.5) is 0 Å². The first-order chi connectivity index (χ1) is 5.20. The maximum Gasteiger partial charge on any atom is 2.00 e. The molecule has 0 heterocycles. The molecular weight excluding hydrogens is 250 g/mol. The topological polar surface area (TPSA) is 120 Å². The Kier molecular flexibility index (Phi) is 48.1. The quantitative estimate of drug-likeness (QED) is 0.399. The summed E-state index contributed by atoms with van der Waals surface area (Å²) in [5.41, 5.74) is 0. The standard InChI is InChI=1S/3C2H4O2.Co.Na/c3*1-2(3)4;;/h3*1H3,(H,3,4);;/q;;;+2;+1/p-3. The number of carboxylic acid groups (broad SMARTS) is 3. The molecule has 0 N–H and O–H groups in total. The molecule has 0 aromatic carbocycles. The fraction of sp³-hybridized carbons (Fsp3) is 0.500. The number of hydrogen-bond acceptors (Lipinski definition) is 6. The maximum absolute atomic E-state index is 8.89. The van der Waals surface area contributed by atoms with Crippen molar-refractivity contribution in [3.8, 4) is 0 Å². The Bertz CT molecular complexity index is 120. The summed E-state index contributed by atoms with van der Waals surface area (Å²) in [6, 6.07) is 0. The largest absolute Gasteiger partial charge is 2.00 e. The number of carbonyl (C=O) groups is 3. The van der Waals surface area contributed by atoms with E-state index in [-0.39, 0.29) is 46.3 Å². The molecule has 0 aromatic heterocycles. The molecule has 0 aliphatic heterocycles. The third kappa shape index (κ3) is 204000. The summed E-state index contributed by atoms with van der Waals surface area (Å²) in [4.78, 5) is 26.7. The third-order valence-electron chi connectivity index (χ3n) is 0. The van der Waals surface area contributed by atoms with Crippen molar-refractivity contribution in [2.75, 3.05) is 0 Å². The van der Waals surface area contributed by atoms with Crippen LogP contribution in [0.25, 0.3) is 0 Å². The summed E-state index contributed by atoms with van der Waals surface area (Å²) in [7, 11) is 0. The van der Waals surface area contributed by atoms with Crippen molar-refractivity contribution < 1.29 is 76.0 Å². The second-order valence-corrected chi connectivity index (χ2v) is 1.47. The molecule has 1 radical (unpaired) electrons. The van der Waals surface area contributed by atoms with Crippen LogP contribution in [0.1, 0.15) is 20.8 Å². The van der Waals surface area contributed by atoms with E-state index in [4.69, 9.17) is 29.7 Å². The molecule has 0 amide bonds. The second-order valence-electron chi connectivity index (χ2n) is 1.47. The summed E-state index contributed by atoms with van der Waals surface area (Å²) in [6.07, 6.45) is 0. The number of rotatable bonds is 0. The molecule has 0 aliphatic rings. The number of hydrogen-bond donors (Lipinski definition) is 0. The Morgan fingerprint density at radius 3 is 0.714 bits per heavy atom. The van der Waals surface area contributed by atoms with Crippen LogP contribution in [0.2, 0.25) is 0 Å². The van der Waals surface area contributed by atoms with E-state index in [1.54, 1.807) is 0 Å². The van der Waals surface area contributed by atoms with Crippen LogP contribution in [0.5, 0.6) is 0 Å². The molecule has 0 saturated heterocycles. The zero-order valence-electron chi connectivity index (χ0n) is 8.28. The van der Waals surface area contributed by atoms with Gasteiger partial charge in [0.2, 0.25) is 0 Å². The van der Waals surface area contributed by atoms with E-state index in [9.17, 15) is 0 Å².